The first-order valence-electron chi connectivity index (χ1n) is 6.52. The van der Waals surface area contributed by atoms with Gasteiger partial charge in [-0.15, -0.1) is 0 Å². The number of aromatic nitrogens is 1. The lowest BCUT2D eigenvalue weighted by molar-refractivity contribution is 0.306. The van der Waals surface area contributed by atoms with E-state index in [0.717, 1.165) is 11.1 Å². The standard InChI is InChI=1S/C16H15NO3S/c1-21(18,19)16-10-17-15-8-7-13(9-14(15)16)20-11-12-5-3-2-4-6-12/h2-10,17H,11H2,1H3. The van der Waals surface area contributed by atoms with E-state index in [2.05, 4.69) is 4.98 Å². The van der Waals surface area contributed by atoms with Gasteiger partial charge in [-0.25, -0.2) is 8.42 Å². The van der Waals surface area contributed by atoms with Crippen LogP contribution in [0.1, 0.15) is 5.56 Å². The second-order valence-electron chi connectivity index (χ2n) is 4.91. The van der Waals surface area contributed by atoms with Crippen molar-refractivity contribution in [2.24, 2.45) is 0 Å². The number of H-pyrrole nitrogens is 1. The summed E-state index contributed by atoms with van der Waals surface area (Å²) in [4.78, 5) is 3.26. The highest BCUT2D eigenvalue weighted by Gasteiger charge is 2.14. The maximum Gasteiger partial charge on any atom is 0.177 e. The first-order valence-corrected chi connectivity index (χ1v) is 8.41. The summed E-state index contributed by atoms with van der Waals surface area (Å²) in [5.41, 5.74) is 1.84. The predicted molar refractivity (Wildman–Crippen MR) is 82.2 cm³/mol. The molecule has 0 aliphatic heterocycles. The maximum atomic E-state index is 11.7. The molecule has 0 fully saturated rings. The molecule has 21 heavy (non-hydrogen) atoms. The lowest BCUT2D eigenvalue weighted by Crippen LogP contribution is -1.96. The van der Waals surface area contributed by atoms with Gasteiger partial charge in [-0.2, -0.15) is 0 Å². The number of fused-ring (bicyclic) bond motifs is 1. The quantitative estimate of drug-likeness (QED) is 0.805. The van der Waals surface area contributed by atoms with Crippen LogP contribution in [0.25, 0.3) is 10.9 Å². The summed E-state index contributed by atoms with van der Waals surface area (Å²) >= 11 is 0. The van der Waals surface area contributed by atoms with Crippen molar-refractivity contribution in [1.29, 1.82) is 0 Å². The average Bonchev–Trinajstić information content (AvgIpc) is 2.89. The number of rotatable bonds is 4. The first kappa shape index (κ1) is 13.7. The molecule has 4 nitrogen and oxygen atoms in total. The van der Waals surface area contributed by atoms with Crippen molar-refractivity contribution in [2.45, 2.75) is 11.5 Å². The summed E-state index contributed by atoms with van der Waals surface area (Å²) in [6, 6.07) is 15.2. The van der Waals surface area contributed by atoms with Crippen LogP contribution in [0.5, 0.6) is 5.75 Å². The van der Waals surface area contributed by atoms with Gasteiger partial charge >= 0.3 is 0 Å². The molecule has 0 amide bonds. The molecule has 108 valence electrons. The third-order valence-electron chi connectivity index (χ3n) is 3.26. The lowest BCUT2D eigenvalue weighted by Gasteiger charge is -2.06. The number of hydrogen-bond donors (Lipinski definition) is 1. The van der Waals surface area contributed by atoms with Crippen molar-refractivity contribution < 1.29 is 13.2 Å². The number of sulfone groups is 1. The second kappa shape index (κ2) is 5.26. The molecular formula is C16H15NO3S. The third-order valence-corrected chi connectivity index (χ3v) is 4.40. The lowest BCUT2D eigenvalue weighted by atomic mass is 10.2. The van der Waals surface area contributed by atoms with Crippen molar-refractivity contribution in [2.75, 3.05) is 6.26 Å². The Hall–Kier alpha value is -2.27. The molecule has 0 saturated carbocycles. The summed E-state index contributed by atoms with van der Waals surface area (Å²) in [7, 11) is -3.26. The van der Waals surface area contributed by atoms with Crippen LogP contribution in [0.3, 0.4) is 0 Å². The molecule has 5 heteroatoms. The highest BCUT2D eigenvalue weighted by Crippen LogP contribution is 2.27. The minimum atomic E-state index is -3.26. The van der Waals surface area contributed by atoms with Crippen LogP contribution in [0, 0.1) is 0 Å². The second-order valence-corrected chi connectivity index (χ2v) is 6.89. The van der Waals surface area contributed by atoms with Gasteiger partial charge < -0.3 is 9.72 Å². The zero-order valence-electron chi connectivity index (χ0n) is 11.5. The molecule has 0 bridgehead atoms. The highest BCUT2D eigenvalue weighted by atomic mass is 32.2. The van der Waals surface area contributed by atoms with Crippen LogP contribution >= 0.6 is 0 Å². The van der Waals surface area contributed by atoms with Crippen molar-refractivity contribution in [3.05, 3.63) is 60.3 Å². The summed E-state index contributed by atoms with van der Waals surface area (Å²) in [5.74, 6) is 0.649. The molecule has 1 N–H and O–H groups in total. The highest BCUT2D eigenvalue weighted by molar-refractivity contribution is 7.91. The molecule has 1 aromatic heterocycles. The molecular weight excluding hydrogens is 286 g/mol. The molecule has 3 aromatic rings. The van der Waals surface area contributed by atoms with E-state index in [1.165, 1.54) is 12.5 Å². The van der Waals surface area contributed by atoms with E-state index in [0.29, 0.717) is 22.6 Å². The van der Waals surface area contributed by atoms with Crippen molar-refractivity contribution in [3.8, 4) is 5.75 Å². The Labute approximate surface area is 123 Å². The summed E-state index contributed by atoms with van der Waals surface area (Å²) in [6.07, 6.45) is 2.72. The summed E-state index contributed by atoms with van der Waals surface area (Å²) in [6.45, 7) is 0.449. The minimum Gasteiger partial charge on any atom is -0.489 e. The molecule has 2 aromatic carbocycles. The van der Waals surface area contributed by atoms with E-state index in [1.54, 1.807) is 6.07 Å². The van der Waals surface area contributed by atoms with Gasteiger partial charge in [0.1, 0.15) is 12.4 Å². The molecule has 0 saturated heterocycles. The van der Waals surface area contributed by atoms with Crippen LogP contribution in [-0.2, 0) is 16.4 Å². The van der Waals surface area contributed by atoms with Crippen LogP contribution in [0.15, 0.2) is 59.6 Å². The Kier molecular flexibility index (Phi) is 3.43. The van der Waals surface area contributed by atoms with Crippen molar-refractivity contribution >= 4 is 20.7 Å². The van der Waals surface area contributed by atoms with E-state index >= 15 is 0 Å². The van der Waals surface area contributed by atoms with Crippen LogP contribution in [-0.4, -0.2) is 19.7 Å². The molecule has 0 atom stereocenters. The van der Waals surface area contributed by atoms with Gasteiger partial charge in [-0.1, -0.05) is 30.3 Å². The van der Waals surface area contributed by atoms with Crippen LogP contribution in [0.2, 0.25) is 0 Å². The van der Waals surface area contributed by atoms with E-state index in [1.807, 2.05) is 42.5 Å². The molecule has 0 unspecified atom stereocenters. The van der Waals surface area contributed by atoms with E-state index in [4.69, 9.17) is 4.74 Å². The smallest absolute Gasteiger partial charge is 0.177 e. The van der Waals surface area contributed by atoms with Gasteiger partial charge in [0.2, 0.25) is 0 Å². The Morgan fingerprint density at radius 1 is 1.10 bits per heavy atom. The number of nitrogens with one attached hydrogen (secondary N) is 1. The minimum absolute atomic E-state index is 0.294. The largest absolute Gasteiger partial charge is 0.489 e. The van der Waals surface area contributed by atoms with E-state index in [9.17, 15) is 8.42 Å². The first-order chi connectivity index (χ1) is 10.0. The molecule has 0 aliphatic carbocycles. The topological polar surface area (TPSA) is 59.2 Å². The third kappa shape index (κ3) is 2.92. The van der Waals surface area contributed by atoms with Gasteiger partial charge in [0, 0.05) is 23.4 Å². The van der Waals surface area contributed by atoms with E-state index < -0.39 is 9.84 Å². The fourth-order valence-electron chi connectivity index (χ4n) is 2.21. The number of benzene rings is 2. The molecule has 0 radical (unpaired) electrons. The zero-order chi connectivity index (χ0) is 14.9. The molecule has 3 rings (SSSR count). The Morgan fingerprint density at radius 2 is 1.86 bits per heavy atom. The van der Waals surface area contributed by atoms with Crippen LogP contribution in [0.4, 0.5) is 0 Å². The Morgan fingerprint density at radius 3 is 2.57 bits per heavy atom. The van der Waals surface area contributed by atoms with Gasteiger partial charge in [0.05, 0.1) is 4.90 Å². The Bertz CT molecular complexity index is 867. The Balaban J connectivity index is 1.90. The molecule has 0 spiro atoms. The predicted octanol–water partition coefficient (Wildman–Crippen LogP) is 3.15. The summed E-state index contributed by atoms with van der Waals surface area (Å²) in [5, 5.41) is 0.656. The van der Waals surface area contributed by atoms with Crippen LogP contribution < -0.4 is 4.74 Å². The number of hydrogen-bond acceptors (Lipinski definition) is 3. The van der Waals surface area contributed by atoms with Gasteiger partial charge in [0.25, 0.3) is 0 Å². The number of ether oxygens (including phenoxy) is 1. The zero-order valence-corrected chi connectivity index (χ0v) is 12.4. The van der Waals surface area contributed by atoms with Crippen molar-refractivity contribution in [3.63, 3.8) is 0 Å². The molecule has 0 aliphatic rings. The SMILES string of the molecule is CS(=O)(=O)c1c[nH]c2ccc(OCc3ccccc3)cc12. The summed E-state index contributed by atoms with van der Waals surface area (Å²) < 4.78 is 29.2. The number of aromatic amines is 1. The van der Waals surface area contributed by atoms with Gasteiger partial charge in [-0.05, 0) is 23.8 Å². The normalized spacial score (nSPS) is 11.7. The fourth-order valence-corrected chi connectivity index (χ4v) is 3.05. The fraction of sp³-hybridized carbons (Fsp3) is 0.125. The van der Waals surface area contributed by atoms with Gasteiger partial charge in [-0.3, -0.25) is 0 Å². The van der Waals surface area contributed by atoms with Gasteiger partial charge in [0.15, 0.2) is 9.84 Å². The average molecular weight is 301 g/mol. The molecule has 1 heterocycles. The van der Waals surface area contributed by atoms with E-state index in [-0.39, 0.29) is 0 Å². The van der Waals surface area contributed by atoms with Crippen molar-refractivity contribution in [1.82, 2.24) is 4.98 Å². The monoisotopic (exact) mass is 301 g/mol. The maximum absolute atomic E-state index is 11.7.